The van der Waals surface area contributed by atoms with Gasteiger partial charge in [-0.2, -0.15) is 9.97 Å². The molecule has 49 heavy (non-hydrogen) atoms. The van der Waals surface area contributed by atoms with Crippen LogP contribution in [0.2, 0.25) is 0 Å². The van der Waals surface area contributed by atoms with Crippen molar-refractivity contribution < 1.29 is 19.7 Å². The van der Waals surface area contributed by atoms with Crippen LogP contribution >= 0.6 is 0 Å². The maximum Gasteiger partial charge on any atom is 0.320 e. The lowest BCUT2D eigenvalue weighted by atomic mass is 9.83. The molecule has 6 rings (SSSR count). The highest BCUT2D eigenvalue weighted by atomic mass is 16.5. The number of phenolic OH excluding ortho intramolecular Hbond substituents is 2. The number of phenols is 2. The second-order valence-electron chi connectivity index (χ2n) is 13.9. The number of hydrogen-bond donors (Lipinski definition) is 2. The zero-order chi connectivity index (χ0) is 34.5. The third-order valence-electron chi connectivity index (χ3n) is 10.2. The first kappa shape index (κ1) is 34.2. The normalized spacial score (nSPS) is 13.7. The fraction of sp³-hybridized carbons (Fsp3) is 0.405. The van der Waals surface area contributed by atoms with Crippen LogP contribution in [-0.4, -0.2) is 38.4 Å². The molecular formula is C42H49N3O4. The molecule has 0 bridgehead atoms. The topological polar surface area (TPSA) is 97.6 Å². The molecule has 2 unspecified atom stereocenters. The molecule has 5 aromatic carbocycles. The Balaban J connectivity index is 1.43. The smallest absolute Gasteiger partial charge is 0.320 e. The Morgan fingerprint density at radius 3 is 2.06 bits per heavy atom. The molecule has 0 fully saturated rings. The second-order valence-corrected chi connectivity index (χ2v) is 13.9. The largest absolute Gasteiger partial charge is 0.507 e. The van der Waals surface area contributed by atoms with Gasteiger partial charge in [0.1, 0.15) is 22.8 Å². The Labute approximate surface area is 289 Å². The van der Waals surface area contributed by atoms with Crippen molar-refractivity contribution in [2.24, 2.45) is 11.3 Å². The Morgan fingerprint density at radius 1 is 0.735 bits per heavy atom. The number of aromatic hydroxyl groups is 2. The van der Waals surface area contributed by atoms with Crippen LogP contribution in [0.3, 0.4) is 0 Å². The molecule has 0 saturated heterocycles. The van der Waals surface area contributed by atoms with Crippen molar-refractivity contribution in [3.63, 3.8) is 0 Å². The highest BCUT2D eigenvalue weighted by molar-refractivity contribution is 6.25. The van der Waals surface area contributed by atoms with Gasteiger partial charge in [0.2, 0.25) is 0 Å². The summed E-state index contributed by atoms with van der Waals surface area (Å²) in [4.78, 5) is 14.4. The van der Waals surface area contributed by atoms with Crippen molar-refractivity contribution in [3.05, 3.63) is 66.7 Å². The summed E-state index contributed by atoms with van der Waals surface area (Å²) in [6, 6.07) is 22.3. The van der Waals surface area contributed by atoms with E-state index in [0.717, 1.165) is 73.1 Å². The molecule has 0 aliphatic carbocycles. The number of nitrogens with zero attached hydrogens (tertiary/aromatic N) is 3. The number of ether oxygens (including phenoxy) is 2. The summed E-state index contributed by atoms with van der Waals surface area (Å²) in [5.74, 6) is 0.962. The summed E-state index contributed by atoms with van der Waals surface area (Å²) in [5.41, 5.74) is 0.937. The highest BCUT2D eigenvalue weighted by Gasteiger charge is 2.25. The molecule has 0 spiro atoms. The lowest BCUT2D eigenvalue weighted by molar-refractivity contribution is 0.142. The molecular weight excluding hydrogens is 610 g/mol. The van der Waals surface area contributed by atoms with E-state index in [9.17, 15) is 10.2 Å². The summed E-state index contributed by atoms with van der Waals surface area (Å²) < 4.78 is 12.4. The predicted molar refractivity (Wildman–Crippen MR) is 200 cm³/mol. The van der Waals surface area contributed by atoms with Crippen molar-refractivity contribution in [2.45, 2.75) is 86.0 Å². The fourth-order valence-electron chi connectivity index (χ4n) is 6.79. The highest BCUT2D eigenvalue weighted by Crippen LogP contribution is 2.42. The summed E-state index contributed by atoms with van der Waals surface area (Å²) in [5, 5.41) is 29.5. The molecule has 1 heterocycles. The van der Waals surface area contributed by atoms with E-state index in [0.29, 0.717) is 30.7 Å². The number of aromatic nitrogens is 3. The van der Waals surface area contributed by atoms with E-state index in [4.69, 9.17) is 19.4 Å². The molecule has 0 radical (unpaired) electrons. The van der Waals surface area contributed by atoms with Gasteiger partial charge in [-0.15, -0.1) is 0 Å². The van der Waals surface area contributed by atoms with Gasteiger partial charge in [-0.25, -0.2) is 4.98 Å². The first-order valence-electron chi connectivity index (χ1n) is 18.0. The van der Waals surface area contributed by atoms with Crippen molar-refractivity contribution in [2.75, 3.05) is 13.2 Å². The van der Waals surface area contributed by atoms with Gasteiger partial charge in [-0.05, 0) is 63.6 Å². The minimum Gasteiger partial charge on any atom is -0.507 e. The van der Waals surface area contributed by atoms with E-state index in [-0.39, 0.29) is 34.3 Å². The Kier molecular flexibility index (Phi) is 10.4. The van der Waals surface area contributed by atoms with Gasteiger partial charge in [0.15, 0.2) is 11.6 Å². The summed E-state index contributed by atoms with van der Waals surface area (Å²) in [6.45, 7) is 11.9. The van der Waals surface area contributed by atoms with Crippen LogP contribution in [-0.2, 0) is 0 Å². The standard InChI is InChI=1S/C42H49N3O4/c1-6-10-13-27(8-3)25-48-41-44-39(33-21-19-30-17-16-28-14-12-15-29-18-20-32(33)37(30)36(28)29)43-40(45-41)38-34(46)23-31(24-35(38)47)49-26-42(5,9-4)22-11-7-2/h12,14-21,23-24,27,46-47H,6-11,13,22,25-26H2,1-5H3. The molecule has 0 aliphatic heterocycles. The van der Waals surface area contributed by atoms with Crippen LogP contribution < -0.4 is 9.47 Å². The number of rotatable bonds is 16. The van der Waals surface area contributed by atoms with Crippen LogP contribution in [0.25, 0.3) is 55.1 Å². The van der Waals surface area contributed by atoms with E-state index >= 15 is 0 Å². The van der Waals surface area contributed by atoms with Crippen LogP contribution in [0.15, 0.2) is 66.7 Å². The minimum absolute atomic E-state index is 0.00340. The molecule has 7 nitrogen and oxygen atoms in total. The molecule has 0 saturated carbocycles. The average molecular weight is 660 g/mol. The summed E-state index contributed by atoms with van der Waals surface area (Å²) >= 11 is 0. The van der Waals surface area contributed by atoms with Gasteiger partial charge in [-0.3, -0.25) is 0 Å². The Bertz CT molecular complexity index is 2000. The van der Waals surface area contributed by atoms with Gasteiger partial charge in [0.05, 0.1) is 13.2 Å². The van der Waals surface area contributed by atoms with Gasteiger partial charge in [-0.1, -0.05) is 115 Å². The molecule has 1 aromatic heterocycles. The molecule has 6 aromatic rings. The zero-order valence-corrected chi connectivity index (χ0v) is 29.6. The van der Waals surface area contributed by atoms with Crippen molar-refractivity contribution in [3.8, 4) is 46.0 Å². The van der Waals surface area contributed by atoms with Crippen LogP contribution in [0, 0.1) is 11.3 Å². The minimum atomic E-state index is -0.172. The van der Waals surface area contributed by atoms with Gasteiger partial charge in [0, 0.05) is 23.1 Å². The SMILES string of the molecule is CCCCC(CC)COc1nc(-c2c(O)cc(OCC(C)(CC)CCCC)cc2O)nc(-c2ccc3ccc4cccc5ccc2c3c45)n1. The van der Waals surface area contributed by atoms with E-state index < -0.39 is 0 Å². The molecule has 7 heteroatoms. The molecule has 2 N–H and O–H groups in total. The molecule has 2 atom stereocenters. The van der Waals surface area contributed by atoms with E-state index in [1.54, 1.807) is 0 Å². The Hall–Kier alpha value is -4.65. The number of hydrogen-bond acceptors (Lipinski definition) is 7. The first-order chi connectivity index (χ1) is 23.8. The average Bonchev–Trinajstić information content (AvgIpc) is 3.12. The maximum atomic E-state index is 11.3. The molecule has 0 aliphatic rings. The first-order valence-corrected chi connectivity index (χ1v) is 18.0. The van der Waals surface area contributed by atoms with Crippen LogP contribution in [0.1, 0.15) is 86.0 Å². The van der Waals surface area contributed by atoms with Gasteiger partial charge < -0.3 is 19.7 Å². The van der Waals surface area contributed by atoms with E-state index in [1.165, 1.54) is 28.3 Å². The predicted octanol–water partition coefficient (Wildman–Crippen LogP) is 11.1. The van der Waals surface area contributed by atoms with Crippen LogP contribution in [0.5, 0.6) is 23.3 Å². The fourth-order valence-corrected chi connectivity index (χ4v) is 6.79. The monoisotopic (exact) mass is 659 g/mol. The lowest BCUT2D eigenvalue weighted by Crippen LogP contribution is -2.24. The summed E-state index contributed by atoms with van der Waals surface area (Å²) in [6.07, 6.45) is 8.57. The number of unbranched alkanes of at least 4 members (excludes halogenated alkanes) is 2. The lowest BCUT2D eigenvalue weighted by Gasteiger charge is -2.28. The quantitative estimate of drug-likeness (QED) is 0.0998. The van der Waals surface area contributed by atoms with Crippen molar-refractivity contribution >= 4 is 32.3 Å². The second kappa shape index (κ2) is 14.9. The van der Waals surface area contributed by atoms with Gasteiger partial charge >= 0.3 is 6.01 Å². The van der Waals surface area contributed by atoms with Crippen molar-refractivity contribution in [1.82, 2.24) is 15.0 Å². The van der Waals surface area contributed by atoms with Gasteiger partial charge in [0.25, 0.3) is 0 Å². The Morgan fingerprint density at radius 2 is 1.39 bits per heavy atom. The zero-order valence-electron chi connectivity index (χ0n) is 29.6. The van der Waals surface area contributed by atoms with E-state index in [2.05, 4.69) is 88.1 Å². The maximum absolute atomic E-state index is 11.3. The van der Waals surface area contributed by atoms with E-state index in [1.807, 2.05) is 6.07 Å². The third kappa shape index (κ3) is 7.22. The van der Waals surface area contributed by atoms with Crippen LogP contribution in [0.4, 0.5) is 0 Å². The number of benzene rings is 5. The van der Waals surface area contributed by atoms with Crippen molar-refractivity contribution in [1.29, 1.82) is 0 Å². The molecule has 256 valence electrons. The molecule has 0 amide bonds. The third-order valence-corrected chi connectivity index (χ3v) is 10.2. The summed E-state index contributed by atoms with van der Waals surface area (Å²) in [7, 11) is 0.